The van der Waals surface area contributed by atoms with E-state index < -0.39 is 5.60 Å². The van der Waals surface area contributed by atoms with E-state index in [-0.39, 0.29) is 6.04 Å². The summed E-state index contributed by atoms with van der Waals surface area (Å²) in [5.74, 6) is 0. The van der Waals surface area contributed by atoms with Crippen LogP contribution in [0.25, 0.3) is 0 Å². The predicted octanol–water partition coefficient (Wildman–Crippen LogP) is 3.53. The molecule has 0 aliphatic carbocycles. The molecule has 3 nitrogen and oxygen atoms in total. The van der Waals surface area contributed by atoms with E-state index in [4.69, 9.17) is 0 Å². The molecule has 1 aromatic heterocycles. The summed E-state index contributed by atoms with van der Waals surface area (Å²) in [6, 6.07) is 8.40. The van der Waals surface area contributed by atoms with E-state index in [1.807, 2.05) is 24.6 Å². The summed E-state index contributed by atoms with van der Waals surface area (Å²) in [5.41, 5.74) is 4.36. The van der Waals surface area contributed by atoms with Crippen LogP contribution in [0.15, 0.2) is 29.8 Å². The number of nitrogens with one attached hydrogen (secondary N) is 1. The quantitative estimate of drug-likeness (QED) is 0.885. The molecule has 0 aliphatic rings. The van der Waals surface area contributed by atoms with Crippen LogP contribution in [0.3, 0.4) is 0 Å². The summed E-state index contributed by atoms with van der Waals surface area (Å²) in [6.45, 7) is 8.63. The fraction of sp³-hybridized carbons (Fsp3) is 0.438. The minimum absolute atomic E-state index is 0.271. The lowest BCUT2D eigenvalue weighted by Crippen LogP contribution is -2.19. The number of aliphatic hydroxyl groups is 1. The maximum atomic E-state index is 9.96. The first-order valence-corrected chi connectivity index (χ1v) is 7.71. The number of benzene rings is 1. The Morgan fingerprint density at radius 3 is 2.45 bits per heavy atom. The molecule has 0 saturated heterocycles. The molecule has 2 N–H and O–H groups in total. The topological polar surface area (TPSA) is 45.2 Å². The summed E-state index contributed by atoms with van der Waals surface area (Å²) >= 11 is 1.69. The maximum Gasteiger partial charge on any atom is 0.0840 e. The van der Waals surface area contributed by atoms with Crippen molar-refractivity contribution in [3.05, 3.63) is 51.5 Å². The van der Waals surface area contributed by atoms with Crippen LogP contribution in [0, 0.1) is 6.92 Å². The van der Waals surface area contributed by atoms with Gasteiger partial charge in [0.2, 0.25) is 0 Å². The predicted molar refractivity (Wildman–Crippen MR) is 83.8 cm³/mol. The Hall–Kier alpha value is -1.23. The van der Waals surface area contributed by atoms with Gasteiger partial charge in [0.1, 0.15) is 0 Å². The molecule has 0 radical (unpaired) electrons. The van der Waals surface area contributed by atoms with Crippen LogP contribution in [-0.4, -0.2) is 10.1 Å². The molecule has 1 unspecified atom stereocenters. The molecule has 1 heterocycles. The zero-order valence-electron chi connectivity index (χ0n) is 12.5. The number of hydrogen-bond acceptors (Lipinski definition) is 4. The van der Waals surface area contributed by atoms with Crippen molar-refractivity contribution in [2.75, 3.05) is 0 Å². The molecule has 108 valence electrons. The van der Waals surface area contributed by atoms with Crippen LogP contribution in [0.1, 0.15) is 48.5 Å². The summed E-state index contributed by atoms with van der Waals surface area (Å²) in [7, 11) is 0. The molecule has 20 heavy (non-hydrogen) atoms. The van der Waals surface area contributed by atoms with Gasteiger partial charge in [-0.2, -0.15) is 0 Å². The SMILES string of the molecule is Cc1ncsc1CNC(C)c1ccc(C(C)(C)O)cc1. The van der Waals surface area contributed by atoms with E-state index in [1.165, 1.54) is 10.4 Å². The minimum atomic E-state index is -0.783. The highest BCUT2D eigenvalue weighted by Crippen LogP contribution is 2.22. The molecule has 0 saturated carbocycles. The van der Waals surface area contributed by atoms with Crippen LogP contribution in [-0.2, 0) is 12.1 Å². The molecule has 0 spiro atoms. The zero-order chi connectivity index (χ0) is 14.8. The number of aryl methyl sites for hydroxylation is 1. The van der Waals surface area contributed by atoms with Crippen molar-refractivity contribution in [1.82, 2.24) is 10.3 Å². The normalized spacial score (nSPS) is 13.4. The van der Waals surface area contributed by atoms with Gasteiger partial charge in [-0.25, -0.2) is 4.98 Å². The van der Waals surface area contributed by atoms with Crippen LogP contribution < -0.4 is 5.32 Å². The van der Waals surface area contributed by atoms with Crippen molar-refractivity contribution in [2.24, 2.45) is 0 Å². The van der Waals surface area contributed by atoms with E-state index in [2.05, 4.69) is 29.4 Å². The second-order valence-electron chi connectivity index (χ2n) is 5.64. The number of hydrogen-bond donors (Lipinski definition) is 2. The van der Waals surface area contributed by atoms with Gasteiger partial charge in [0.15, 0.2) is 0 Å². The van der Waals surface area contributed by atoms with Crippen molar-refractivity contribution in [3.8, 4) is 0 Å². The lowest BCUT2D eigenvalue weighted by molar-refractivity contribution is 0.0786. The number of nitrogens with zero attached hydrogens (tertiary/aromatic N) is 1. The van der Waals surface area contributed by atoms with Gasteiger partial charge in [0.25, 0.3) is 0 Å². The first-order chi connectivity index (χ1) is 9.38. The summed E-state index contributed by atoms with van der Waals surface area (Å²) < 4.78 is 0. The van der Waals surface area contributed by atoms with Gasteiger partial charge in [-0.3, -0.25) is 0 Å². The van der Waals surface area contributed by atoms with Gasteiger partial charge in [0.05, 0.1) is 16.8 Å². The monoisotopic (exact) mass is 290 g/mol. The third-order valence-corrected chi connectivity index (χ3v) is 4.47. The van der Waals surface area contributed by atoms with E-state index in [0.29, 0.717) is 0 Å². The standard InChI is InChI=1S/C16H22N2OS/c1-11(17-9-15-12(2)18-10-20-15)13-5-7-14(8-6-13)16(3,4)19/h5-8,10-11,17,19H,9H2,1-4H3. The number of rotatable bonds is 5. The van der Waals surface area contributed by atoms with Crippen molar-refractivity contribution in [1.29, 1.82) is 0 Å². The van der Waals surface area contributed by atoms with Crippen molar-refractivity contribution in [2.45, 2.75) is 45.9 Å². The Balaban J connectivity index is 1.99. The van der Waals surface area contributed by atoms with Crippen LogP contribution in [0.2, 0.25) is 0 Å². The summed E-state index contributed by atoms with van der Waals surface area (Å²) in [6.07, 6.45) is 0. The van der Waals surface area contributed by atoms with Crippen molar-refractivity contribution < 1.29 is 5.11 Å². The maximum absolute atomic E-state index is 9.96. The summed E-state index contributed by atoms with van der Waals surface area (Å²) in [5, 5.41) is 13.5. The van der Waals surface area contributed by atoms with Gasteiger partial charge in [-0.05, 0) is 38.8 Å². The van der Waals surface area contributed by atoms with Gasteiger partial charge >= 0.3 is 0 Å². The van der Waals surface area contributed by atoms with Gasteiger partial charge < -0.3 is 10.4 Å². The second kappa shape index (κ2) is 6.04. The third-order valence-electron chi connectivity index (χ3n) is 3.53. The highest BCUT2D eigenvalue weighted by atomic mass is 32.1. The smallest absolute Gasteiger partial charge is 0.0840 e. The Kier molecular flexibility index (Phi) is 4.58. The van der Waals surface area contributed by atoms with E-state index in [0.717, 1.165) is 17.8 Å². The largest absolute Gasteiger partial charge is 0.386 e. The molecule has 0 fully saturated rings. The molecular weight excluding hydrogens is 268 g/mol. The lowest BCUT2D eigenvalue weighted by atomic mass is 9.96. The Morgan fingerprint density at radius 2 is 1.95 bits per heavy atom. The second-order valence-corrected chi connectivity index (χ2v) is 6.58. The highest BCUT2D eigenvalue weighted by Gasteiger charge is 2.16. The van der Waals surface area contributed by atoms with Crippen LogP contribution in [0.5, 0.6) is 0 Å². The Bertz CT molecular complexity index is 555. The highest BCUT2D eigenvalue weighted by molar-refractivity contribution is 7.09. The van der Waals surface area contributed by atoms with E-state index in [1.54, 1.807) is 25.2 Å². The lowest BCUT2D eigenvalue weighted by Gasteiger charge is -2.19. The fourth-order valence-electron chi connectivity index (χ4n) is 2.04. The average Bonchev–Trinajstić information content (AvgIpc) is 2.81. The molecule has 2 aromatic rings. The first kappa shape index (κ1) is 15.2. The van der Waals surface area contributed by atoms with Gasteiger partial charge in [-0.1, -0.05) is 24.3 Å². The molecule has 4 heteroatoms. The first-order valence-electron chi connectivity index (χ1n) is 6.83. The third kappa shape index (κ3) is 3.66. The van der Waals surface area contributed by atoms with Crippen LogP contribution in [0.4, 0.5) is 0 Å². The number of aromatic nitrogens is 1. The molecule has 0 aliphatic heterocycles. The van der Waals surface area contributed by atoms with Gasteiger partial charge in [0, 0.05) is 17.5 Å². The minimum Gasteiger partial charge on any atom is -0.386 e. The van der Waals surface area contributed by atoms with Gasteiger partial charge in [-0.15, -0.1) is 11.3 Å². The molecule has 1 atom stereocenters. The van der Waals surface area contributed by atoms with Crippen LogP contribution >= 0.6 is 11.3 Å². The van der Waals surface area contributed by atoms with E-state index in [9.17, 15) is 5.11 Å². The summed E-state index contributed by atoms with van der Waals surface area (Å²) in [4.78, 5) is 5.54. The molecule has 1 aromatic carbocycles. The molecule has 0 bridgehead atoms. The molecule has 0 amide bonds. The average molecular weight is 290 g/mol. The Morgan fingerprint density at radius 1 is 1.30 bits per heavy atom. The van der Waals surface area contributed by atoms with Crippen molar-refractivity contribution in [3.63, 3.8) is 0 Å². The molecule has 2 rings (SSSR count). The van der Waals surface area contributed by atoms with E-state index >= 15 is 0 Å². The van der Waals surface area contributed by atoms with Crippen molar-refractivity contribution >= 4 is 11.3 Å². The number of thiazole rings is 1. The molecular formula is C16H22N2OS. The fourth-order valence-corrected chi connectivity index (χ4v) is 2.77. The Labute approximate surface area is 124 Å². The zero-order valence-corrected chi connectivity index (χ0v) is 13.3.